The summed E-state index contributed by atoms with van der Waals surface area (Å²) in [5.74, 6) is -0.621. The van der Waals surface area contributed by atoms with Gasteiger partial charge in [-0.2, -0.15) is 0 Å². The molecule has 1 saturated carbocycles. The van der Waals surface area contributed by atoms with Gasteiger partial charge >= 0.3 is 0 Å². The highest BCUT2D eigenvalue weighted by molar-refractivity contribution is 5.99. The fourth-order valence-corrected chi connectivity index (χ4v) is 2.85. The summed E-state index contributed by atoms with van der Waals surface area (Å²) in [7, 11) is 0. The van der Waals surface area contributed by atoms with Crippen molar-refractivity contribution in [1.29, 1.82) is 0 Å². The van der Waals surface area contributed by atoms with E-state index in [-0.39, 0.29) is 17.6 Å². The Kier molecular flexibility index (Phi) is 3.61. The lowest BCUT2D eigenvalue weighted by atomic mass is 10.0. The number of likely N-dealkylation sites (tertiary alicyclic amines) is 1. The molecule has 0 aromatic heterocycles. The molecule has 1 aliphatic carbocycles. The number of carbonyl (C=O) groups is 1. The van der Waals surface area contributed by atoms with Gasteiger partial charge in [0.25, 0.3) is 5.91 Å². The fraction of sp³-hybridized carbons (Fsp3) is 0.533. The molecule has 108 valence electrons. The van der Waals surface area contributed by atoms with Crippen molar-refractivity contribution in [2.75, 3.05) is 18.8 Å². The highest BCUT2D eigenvalue weighted by Crippen LogP contribution is 2.29. The number of carbonyl (C=O) groups excluding carboxylic acids is 1. The number of nitrogens with two attached hydrogens (primary N) is 1. The van der Waals surface area contributed by atoms with Gasteiger partial charge in [0, 0.05) is 30.9 Å². The zero-order valence-electron chi connectivity index (χ0n) is 11.4. The van der Waals surface area contributed by atoms with Gasteiger partial charge in [-0.15, -0.1) is 0 Å². The monoisotopic (exact) mass is 277 g/mol. The highest BCUT2D eigenvalue weighted by Gasteiger charge is 2.32. The normalized spacial score (nSPS) is 20.9. The molecule has 3 rings (SSSR count). The third-order valence-electron chi connectivity index (χ3n) is 4.19. The summed E-state index contributed by atoms with van der Waals surface area (Å²) in [5, 5.41) is 3.01. The van der Waals surface area contributed by atoms with Crippen molar-refractivity contribution < 1.29 is 9.18 Å². The molecule has 2 aliphatic rings. The molecule has 2 fully saturated rings. The Bertz CT molecular complexity index is 508. The molecule has 1 aromatic rings. The molecule has 1 heterocycles. The summed E-state index contributed by atoms with van der Waals surface area (Å²) >= 11 is 0. The van der Waals surface area contributed by atoms with E-state index in [0.29, 0.717) is 5.56 Å². The van der Waals surface area contributed by atoms with Gasteiger partial charge in [-0.05, 0) is 43.9 Å². The number of nitrogens with one attached hydrogen (secondary N) is 1. The van der Waals surface area contributed by atoms with Crippen LogP contribution in [-0.2, 0) is 0 Å². The number of amides is 1. The van der Waals surface area contributed by atoms with E-state index in [4.69, 9.17) is 5.73 Å². The summed E-state index contributed by atoms with van der Waals surface area (Å²) in [6.07, 6.45) is 4.60. The van der Waals surface area contributed by atoms with E-state index in [0.717, 1.165) is 32.0 Å². The van der Waals surface area contributed by atoms with Gasteiger partial charge in [-0.25, -0.2) is 4.39 Å². The standard InChI is InChI=1S/C15H20FN3O/c16-10-1-4-13(14(17)9-10)15(20)18-11-5-7-19(8-6-11)12-2-3-12/h1,4,9,11-12H,2-3,5-8,17H2,(H,18,20). The number of nitrogen functional groups attached to an aromatic ring is 1. The molecule has 1 aromatic carbocycles. The lowest BCUT2D eigenvalue weighted by Crippen LogP contribution is -2.45. The smallest absolute Gasteiger partial charge is 0.253 e. The summed E-state index contributed by atoms with van der Waals surface area (Å²) in [6.45, 7) is 2.10. The Morgan fingerprint density at radius 2 is 1.95 bits per heavy atom. The van der Waals surface area contributed by atoms with Crippen LogP contribution in [0.3, 0.4) is 0 Å². The Balaban J connectivity index is 1.56. The number of piperidine rings is 1. The number of hydrogen-bond donors (Lipinski definition) is 2. The van der Waals surface area contributed by atoms with Gasteiger partial charge in [0.1, 0.15) is 5.82 Å². The van der Waals surface area contributed by atoms with Crippen molar-refractivity contribution in [2.24, 2.45) is 0 Å². The molecule has 0 atom stereocenters. The van der Waals surface area contributed by atoms with Crippen LogP contribution in [-0.4, -0.2) is 36.0 Å². The molecule has 3 N–H and O–H groups in total. The molecule has 1 amide bonds. The minimum atomic E-state index is -0.420. The predicted octanol–water partition coefficient (Wildman–Crippen LogP) is 1.76. The average Bonchev–Trinajstić information content (AvgIpc) is 3.23. The zero-order valence-corrected chi connectivity index (χ0v) is 11.4. The van der Waals surface area contributed by atoms with Gasteiger partial charge in [-0.3, -0.25) is 4.79 Å². The summed E-state index contributed by atoms with van der Waals surface area (Å²) < 4.78 is 13.0. The maximum absolute atomic E-state index is 13.0. The van der Waals surface area contributed by atoms with Gasteiger partial charge < -0.3 is 16.0 Å². The van der Waals surface area contributed by atoms with Crippen LogP contribution in [0.2, 0.25) is 0 Å². The van der Waals surface area contributed by atoms with Crippen LogP contribution in [0.5, 0.6) is 0 Å². The van der Waals surface area contributed by atoms with Crippen molar-refractivity contribution in [3.05, 3.63) is 29.6 Å². The predicted molar refractivity (Wildman–Crippen MR) is 75.9 cm³/mol. The first-order valence-electron chi connectivity index (χ1n) is 7.23. The first kappa shape index (κ1) is 13.4. The van der Waals surface area contributed by atoms with E-state index in [1.54, 1.807) is 0 Å². The van der Waals surface area contributed by atoms with Crippen LogP contribution in [0, 0.1) is 5.82 Å². The van der Waals surface area contributed by atoms with Crippen molar-refractivity contribution in [3.63, 3.8) is 0 Å². The zero-order chi connectivity index (χ0) is 14.1. The van der Waals surface area contributed by atoms with Crippen molar-refractivity contribution in [1.82, 2.24) is 10.2 Å². The van der Waals surface area contributed by atoms with Crippen LogP contribution >= 0.6 is 0 Å². The van der Waals surface area contributed by atoms with E-state index in [1.807, 2.05) is 0 Å². The number of halogens is 1. The van der Waals surface area contributed by atoms with Crippen LogP contribution in [0.1, 0.15) is 36.0 Å². The first-order valence-corrected chi connectivity index (χ1v) is 7.23. The van der Waals surface area contributed by atoms with E-state index < -0.39 is 5.82 Å². The Morgan fingerprint density at radius 1 is 1.25 bits per heavy atom. The molecular weight excluding hydrogens is 257 g/mol. The largest absolute Gasteiger partial charge is 0.398 e. The minimum absolute atomic E-state index is 0.193. The molecule has 1 aliphatic heterocycles. The molecule has 0 bridgehead atoms. The molecule has 5 heteroatoms. The molecule has 20 heavy (non-hydrogen) atoms. The summed E-state index contributed by atoms with van der Waals surface area (Å²) in [6, 6.07) is 4.88. The van der Waals surface area contributed by atoms with Crippen molar-refractivity contribution in [2.45, 2.75) is 37.8 Å². The molecule has 0 unspecified atom stereocenters. The van der Waals surface area contributed by atoms with E-state index >= 15 is 0 Å². The number of hydrogen-bond acceptors (Lipinski definition) is 3. The van der Waals surface area contributed by atoms with Gasteiger partial charge in [0.05, 0.1) is 5.56 Å². The molecule has 0 spiro atoms. The van der Waals surface area contributed by atoms with Crippen LogP contribution in [0.25, 0.3) is 0 Å². The second kappa shape index (κ2) is 5.40. The van der Waals surface area contributed by atoms with Gasteiger partial charge in [-0.1, -0.05) is 0 Å². The molecule has 4 nitrogen and oxygen atoms in total. The number of rotatable bonds is 3. The summed E-state index contributed by atoms with van der Waals surface area (Å²) in [4.78, 5) is 14.7. The third kappa shape index (κ3) is 2.93. The van der Waals surface area contributed by atoms with Crippen LogP contribution < -0.4 is 11.1 Å². The topological polar surface area (TPSA) is 58.4 Å². The Morgan fingerprint density at radius 3 is 2.55 bits per heavy atom. The lowest BCUT2D eigenvalue weighted by Gasteiger charge is -2.32. The maximum Gasteiger partial charge on any atom is 0.253 e. The van der Waals surface area contributed by atoms with E-state index in [1.165, 1.54) is 31.0 Å². The lowest BCUT2D eigenvalue weighted by molar-refractivity contribution is 0.0910. The number of benzene rings is 1. The van der Waals surface area contributed by atoms with Crippen LogP contribution in [0.4, 0.5) is 10.1 Å². The summed E-state index contributed by atoms with van der Waals surface area (Å²) in [5.41, 5.74) is 6.24. The Labute approximate surface area is 118 Å². The van der Waals surface area contributed by atoms with Gasteiger partial charge in [0.2, 0.25) is 0 Å². The number of nitrogens with zero attached hydrogens (tertiary/aromatic N) is 1. The SMILES string of the molecule is Nc1cc(F)ccc1C(=O)NC1CCN(C2CC2)CC1. The highest BCUT2D eigenvalue weighted by atomic mass is 19.1. The van der Waals surface area contributed by atoms with Crippen molar-refractivity contribution in [3.8, 4) is 0 Å². The van der Waals surface area contributed by atoms with Crippen LogP contribution in [0.15, 0.2) is 18.2 Å². The van der Waals surface area contributed by atoms with E-state index in [2.05, 4.69) is 10.2 Å². The first-order chi connectivity index (χ1) is 9.63. The molecular formula is C15H20FN3O. The van der Waals surface area contributed by atoms with Gasteiger partial charge in [0.15, 0.2) is 0 Å². The molecule has 1 saturated heterocycles. The maximum atomic E-state index is 13.0. The van der Waals surface area contributed by atoms with E-state index in [9.17, 15) is 9.18 Å². The molecule has 0 radical (unpaired) electrons. The third-order valence-corrected chi connectivity index (χ3v) is 4.19. The van der Waals surface area contributed by atoms with Crippen molar-refractivity contribution >= 4 is 11.6 Å². The minimum Gasteiger partial charge on any atom is -0.398 e. The quantitative estimate of drug-likeness (QED) is 0.828. The Hall–Kier alpha value is -1.62. The fourth-order valence-electron chi connectivity index (χ4n) is 2.85. The number of anilines is 1. The average molecular weight is 277 g/mol. The second-order valence-corrected chi connectivity index (χ2v) is 5.75. The second-order valence-electron chi connectivity index (χ2n) is 5.75.